The van der Waals surface area contributed by atoms with Crippen LogP contribution in [0.25, 0.3) is 0 Å². The van der Waals surface area contributed by atoms with Crippen LogP contribution in [0.5, 0.6) is 0 Å². The van der Waals surface area contributed by atoms with Gasteiger partial charge in [-0.15, -0.1) is 10.2 Å². The molecule has 1 aromatic heterocycles. The van der Waals surface area contributed by atoms with Crippen LogP contribution in [0.1, 0.15) is 39.1 Å². The first-order valence-corrected chi connectivity index (χ1v) is 9.05. The third kappa shape index (κ3) is 3.73. The zero-order chi connectivity index (χ0) is 17.3. The predicted molar refractivity (Wildman–Crippen MR) is 93.2 cm³/mol. The topological polar surface area (TPSA) is 55.7 Å². The zero-order valence-electron chi connectivity index (χ0n) is 15.6. The maximum absolute atomic E-state index is 5.84. The van der Waals surface area contributed by atoms with Gasteiger partial charge in [0.15, 0.2) is 5.82 Å². The summed E-state index contributed by atoms with van der Waals surface area (Å²) < 4.78 is 13.7. The van der Waals surface area contributed by atoms with Crippen molar-refractivity contribution in [2.45, 2.75) is 45.5 Å². The maximum Gasteiger partial charge on any atom is 0.226 e. The molecule has 0 amide bonds. The van der Waals surface area contributed by atoms with E-state index < -0.39 is 0 Å². The SMILES string of the molecule is C[C@@H]1CN(CCN(C)c2nnc([C@@H]3OCC[C@@H]3C)n2C)C[C@H](C)O1. The van der Waals surface area contributed by atoms with Crippen LogP contribution in [0, 0.1) is 5.92 Å². The largest absolute Gasteiger partial charge is 0.373 e. The first-order chi connectivity index (χ1) is 11.5. The van der Waals surface area contributed by atoms with Gasteiger partial charge in [0, 0.05) is 46.9 Å². The molecule has 2 aliphatic heterocycles. The number of ether oxygens (including phenoxy) is 2. The van der Waals surface area contributed by atoms with E-state index in [0.29, 0.717) is 18.1 Å². The van der Waals surface area contributed by atoms with Crippen LogP contribution in [-0.2, 0) is 16.5 Å². The molecular weight excluding hydrogens is 306 g/mol. The quantitative estimate of drug-likeness (QED) is 0.811. The number of aromatic nitrogens is 3. The smallest absolute Gasteiger partial charge is 0.226 e. The highest BCUT2D eigenvalue weighted by Crippen LogP contribution is 2.33. The van der Waals surface area contributed by atoms with Crippen molar-refractivity contribution in [3.8, 4) is 0 Å². The minimum atomic E-state index is 0.0746. The number of nitrogens with zero attached hydrogens (tertiary/aromatic N) is 5. The molecule has 0 N–H and O–H groups in total. The molecule has 4 atom stereocenters. The second-order valence-corrected chi connectivity index (χ2v) is 7.41. The van der Waals surface area contributed by atoms with Gasteiger partial charge in [-0.3, -0.25) is 9.47 Å². The summed E-state index contributed by atoms with van der Waals surface area (Å²) in [6.45, 7) is 11.2. The fourth-order valence-electron chi connectivity index (χ4n) is 3.80. The molecule has 0 aliphatic carbocycles. The molecule has 0 unspecified atom stereocenters. The Morgan fingerprint density at radius 3 is 2.50 bits per heavy atom. The summed E-state index contributed by atoms with van der Waals surface area (Å²) in [5.74, 6) is 2.35. The third-order valence-corrected chi connectivity index (χ3v) is 5.12. The molecule has 0 bridgehead atoms. The normalized spacial score (nSPS) is 31.5. The van der Waals surface area contributed by atoms with Crippen molar-refractivity contribution in [3.63, 3.8) is 0 Å². The van der Waals surface area contributed by atoms with E-state index in [-0.39, 0.29) is 6.10 Å². The van der Waals surface area contributed by atoms with Crippen LogP contribution in [-0.4, -0.2) is 71.7 Å². The van der Waals surface area contributed by atoms with Gasteiger partial charge in [0.1, 0.15) is 6.10 Å². The summed E-state index contributed by atoms with van der Waals surface area (Å²) in [5, 5.41) is 8.80. The Morgan fingerprint density at radius 2 is 1.88 bits per heavy atom. The van der Waals surface area contributed by atoms with E-state index in [2.05, 4.69) is 52.4 Å². The number of hydrogen-bond acceptors (Lipinski definition) is 6. The molecule has 2 aliphatic rings. The standard InChI is InChI=1S/C17H31N5O2/c1-12-6-9-23-15(12)16-18-19-17(21(16)5)20(4)7-8-22-10-13(2)24-14(3)11-22/h12-15H,6-11H2,1-5H3/t12-,13-,14+,15+/m0/s1. The van der Waals surface area contributed by atoms with E-state index in [9.17, 15) is 0 Å². The Labute approximate surface area is 144 Å². The Morgan fingerprint density at radius 1 is 1.17 bits per heavy atom. The average molecular weight is 337 g/mol. The molecule has 3 rings (SSSR count). The van der Waals surface area contributed by atoms with Crippen LogP contribution >= 0.6 is 0 Å². The second kappa shape index (κ2) is 7.37. The Balaban J connectivity index is 1.59. The van der Waals surface area contributed by atoms with E-state index in [1.807, 2.05) is 7.05 Å². The molecule has 7 heteroatoms. The molecule has 3 heterocycles. The Kier molecular flexibility index (Phi) is 5.42. The minimum Gasteiger partial charge on any atom is -0.373 e. The Bertz CT molecular complexity index is 539. The van der Waals surface area contributed by atoms with E-state index in [1.165, 1.54) is 0 Å². The van der Waals surface area contributed by atoms with Crippen molar-refractivity contribution in [2.24, 2.45) is 13.0 Å². The van der Waals surface area contributed by atoms with E-state index in [0.717, 1.165) is 51.0 Å². The van der Waals surface area contributed by atoms with Gasteiger partial charge in [0.25, 0.3) is 0 Å². The molecule has 0 saturated carbocycles. The van der Waals surface area contributed by atoms with Crippen LogP contribution in [0.3, 0.4) is 0 Å². The van der Waals surface area contributed by atoms with Crippen molar-refractivity contribution in [3.05, 3.63) is 5.82 Å². The van der Waals surface area contributed by atoms with E-state index >= 15 is 0 Å². The lowest BCUT2D eigenvalue weighted by Crippen LogP contribution is -2.47. The predicted octanol–water partition coefficient (Wildman–Crippen LogP) is 1.46. The van der Waals surface area contributed by atoms with Gasteiger partial charge in [-0.25, -0.2) is 0 Å². The van der Waals surface area contributed by atoms with Crippen molar-refractivity contribution in [1.82, 2.24) is 19.7 Å². The molecule has 1 aromatic rings. The summed E-state index contributed by atoms with van der Waals surface area (Å²) in [4.78, 5) is 4.65. The lowest BCUT2D eigenvalue weighted by Gasteiger charge is -2.36. The van der Waals surface area contributed by atoms with Crippen LogP contribution < -0.4 is 4.90 Å². The number of morpholine rings is 1. The van der Waals surface area contributed by atoms with Crippen molar-refractivity contribution < 1.29 is 9.47 Å². The molecular formula is C17H31N5O2. The highest BCUT2D eigenvalue weighted by molar-refractivity contribution is 5.30. The summed E-state index contributed by atoms with van der Waals surface area (Å²) >= 11 is 0. The highest BCUT2D eigenvalue weighted by Gasteiger charge is 2.31. The van der Waals surface area contributed by atoms with Crippen LogP contribution in [0.4, 0.5) is 5.95 Å². The zero-order valence-corrected chi connectivity index (χ0v) is 15.6. The highest BCUT2D eigenvalue weighted by atomic mass is 16.5. The van der Waals surface area contributed by atoms with Crippen molar-refractivity contribution >= 4 is 5.95 Å². The van der Waals surface area contributed by atoms with Crippen molar-refractivity contribution in [2.75, 3.05) is 44.7 Å². The first-order valence-electron chi connectivity index (χ1n) is 9.05. The maximum atomic E-state index is 5.84. The Hall–Kier alpha value is -1.18. The molecule has 136 valence electrons. The van der Waals surface area contributed by atoms with Crippen LogP contribution in [0.15, 0.2) is 0 Å². The van der Waals surface area contributed by atoms with Gasteiger partial charge in [-0.1, -0.05) is 6.92 Å². The summed E-state index contributed by atoms with van der Waals surface area (Å²) in [7, 11) is 4.12. The second-order valence-electron chi connectivity index (χ2n) is 7.41. The first kappa shape index (κ1) is 17.6. The van der Waals surface area contributed by atoms with Crippen molar-refractivity contribution in [1.29, 1.82) is 0 Å². The number of rotatable bonds is 5. The summed E-state index contributed by atoms with van der Waals surface area (Å²) in [6.07, 6.45) is 1.78. The molecule has 0 radical (unpaired) electrons. The fraction of sp³-hybridized carbons (Fsp3) is 0.882. The van der Waals surface area contributed by atoms with Gasteiger partial charge in [-0.2, -0.15) is 0 Å². The molecule has 0 aromatic carbocycles. The lowest BCUT2D eigenvalue weighted by atomic mass is 10.0. The summed E-state index contributed by atoms with van der Waals surface area (Å²) in [6, 6.07) is 0. The lowest BCUT2D eigenvalue weighted by molar-refractivity contribution is -0.0670. The number of anilines is 1. The summed E-state index contributed by atoms with van der Waals surface area (Å²) in [5.41, 5.74) is 0. The average Bonchev–Trinajstić information content (AvgIpc) is 3.09. The monoisotopic (exact) mass is 337 g/mol. The molecule has 24 heavy (non-hydrogen) atoms. The molecule has 2 saturated heterocycles. The van der Waals surface area contributed by atoms with Gasteiger partial charge < -0.3 is 14.4 Å². The fourth-order valence-corrected chi connectivity index (χ4v) is 3.80. The number of likely N-dealkylation sites (N-methyl/N-ethyl adjacent to an activating group) is 1. The van der Waals surface area contributed by atoms with E-state index in [1.54, 1.807) is 0 Å². The van der Waals surface area contributed by atoms with Gasteiger partial charge in [-0.05, 0) is 26.2 Å². The van der Waals surface area contributed by atoms with Gasteiger partial charge in [0.2, 0.25) is 5.95 Å². The molecule has 2 fully saturated rings. The molecule has 7 nitrogen and oxygen atoms in total. The third-order valence-electron chi connectivity index (χ3n) is 5.12. The van der Waals surface area contributed by atoms with Gasteiger partial charge >= 0.3 is 0 Å². The minimum absolute atomic E-state index is 0.0746. The molecule has 0 spiro atoms. The van der Waals surface area contributed by atoms with E-state index in [4.69, 9.17) is 9.47 Å². The van der Waals surface area contributed by atoms with Gasteiger partial charge in [0.05, 0.1) is 12.2 Å². The number of hydrogen-bond donors (Lipinski definition) is 0. The van der Waals surface area contributed by atoms with Crippen LogP contribution in [0.2, 0.25) is 0 Å².